The number of aliphatic hydroxyl groups is 1. The molecule has 20 heteroatoms. The number of rotatable bonds is 16. The van der Waals surface area contributed by atoms with Crippen molar-refractivity contribution >= 4 is 46.4 Å². The lowest BCUT2D eigenvalue weighted by Gasteiger charge is -2.48. The number of hydrogen-bond donors (Lipinski definition) is 4. The highest BCUT2D eigenvalue weighted by molar-refractivity contribution is 7.13. The van der Waals surface area contributed by atoms with Gasteiger partial charge in [0, 0.05) is 108 Å². The number of β-amino-alcohol motifs (C(OH)–C–C–N with tert-alkyl or cyclic N) is 1. The van der Waals surface area contributed by atoms with E-state index in [1.807, 2.05) is 81.7 Å². The standard InChI is InChI=1S/C62H82N12O7S/c1-37(2)57(62(79)73-35-47(75)29-53(73)60(77)65-38(3)41-9-11-42(12-10-41)58-39(4)64-36-82-58)55-31-56(68-81-55)70-23-15-40(16-24-70)32-69-21-19-48(20-22-69)80-49-27-43(28-49)61(78)71-25-17-44(18-26-71)74-45-13-14-46(74)34-72(33-45)52-30-51(66-67-59(52)63)50-7-5-6-8-54(50)76/h5-12,30-31,36-38,40,43-49,53,57,75-76H,13-29,32-35H2,1-4H3,(H2,63,67)(H,65,77)/t38-,43?,45?,46?,47+,49?,53-,57+/m0/s1. The van der Waals surface area contributed by atoms with Crippen LogP contribution in [0.3, 0.4) is 0 Å². The lowest BCUT2D eigenvalue weighted by molar-refractivity contribution is -0.151. The summed E-state index contributed by atoms with van der Waals surface area (Å²) in [5.74, 6) is 1.46. The van der Waals surface area contributed by atoms with Gasteiger partial charge in [0.1, 0.15) is 17.7 Å². The van der Waals surface area contributed by atoms with Gasteiger partial charge in [0.25, 0.3) is 0 Å². The number of thiazole rings is 1. The number of fused-ring (bicyclic) bond motifs is 2. The monoisotopic (exact) mass is 1140 g/mol. The van der Waals surface area contributed by atoms with E-state index in [0.717, 1.165) is 156 Å². The van der Waals surface area contributed by atoms with Crippen molar-refractivity contribution < 1.29 is 33.9 Å². The molecule has 438 valence electrons. The number of phenolic OH excluding ortho intramolecular Hbond substituents is 1. The highest BCUT2D eigenvalue weighted by Gasteiger charge is 2.47. The van der Waals surface area contributed by atoms with Gasteiger partial charge in [-0.2, -0.15) is 0 Å². The molecule has 6 atom stereocenters. The molecule has 19 nitrogen and oxygen atoms in total. The van der Waals surface area contributed by atoms with Crippen molar-refractivity contribution in [2.75, 3.05) is 81.0 Å². The molecule has 82 heavy (non-hydrogen) atoms. The molecular weight excluding hydrogens is 1060 g/mol. The number of ether oxygens (including phenoxy) is 1. The van der Waals surface area contributed by atoms with Gasteiger partial charge < -0.3 is 55.0 Å². The molecule has 7 aliphatic rings. The SMILES string of the molecule is Cc1ncsc1-c1ccc([C@H](C)NC(=O)[C@@H]2C[C@@H](O)CN2C(=O)[C@@H](c2cc(N3CCC(CN4CCC(OC5CC(C(=O)N6CCC(N7C8CCC7CN(c7cc(-c9ccccc9O)nnc7N)C8)CC6)C5)CC4)CC3)no2)C(C)C)cc1. The lowest BCUT2D eigenvalue weighted by atomic mass is 9.80. The average Bonchev–Trinajstić information content (AvgIpc) is 4.41. The first kappa shape index (κ1) is 56.3. The smallest absolute Gasteiger partial charge is 0.243 e. The molecule has 1 aliphatic carbocycles. The first-order chi connectivity index (χ1) is 39.7. The van der Waals surface area contributed by atoms with Crippen molar-refractivity contribution in [2.24, 2.45) is 17.8 Å². The average molecular weight is 1140 g/mol. The summed E-state index contributed by atoms with van der Waals surface area (Å²) in [5, 5.41) is 37.5. The predicted molar refractivity (Wildman–Crippen MR) is 315 cm³/mol. The molecule has 6 aliphatic heterocycles. The zero-order valence-electron chi connectivity index (χ0n) is 48.0. The number of piperazine rings is 1. The number of carbonyl (C=O) groups excluding carboxylic acids is 3. The van der Waals surface area contributed by atoms with E-state index >= 15 is 0 Å². The first-order valence-electron chi connectivity index (χ1n) is 30.3. The van der Waals surface area contributed by atoms with Crippen LogP contribution in [0.2, 0.25) is 0 Å². The van der Waals surface area contributed by atoms with Crippen molar-refractivity contribution in [2.45, 2.75) is 153 Å². The van der Waals surface area contributed by atoms with Gasteiger partial charge in [0.15, 0.2) is 17.4 Å². The normalized spacial score (nSPS) is 25.9. The van der Waals surface area contributed by atoms with Gasteiger partial charge in [0.2, 0.25) is 17.7 Å². The minimum absolute atomic E-state index is 0.0692. The maximum Gasteiger partial charge on any atom is 0.243 e. The maximum absolute atomic E-state index is 14.4. The fourth-order valence-corrected chi connectivity index (χ4v) is 15.4. The Morgan fingerprint density at radius 2 is 1.54 bits per heavy atom. The second-order valence-electron chi connectivity index (χ2n) is 25.0. The summed E-state index contributed by atoms with van der Waals surface area (Å²) in [6.45, 7) is 16.2. The summed E-state index contributed by atoms with van der Waals surface area (Å²) in [4.78, 5) is 61.2. The summed E-state index contributed by atoms with van der Waals surface area (Å²) >= 11 is 1.60. The van der Waals surface area contributed by atoms with Crippen LogP contribution in [0.5, 0.6) is 5.75 Å². The number of aliphatic hydroxyl groups excluding tert-OH is 1. The topological polar surface area (TPSA) is 223 Å². The van der Waals surface area contributed by atoms with Crippen molar-refractivity contribution in [1.29, 1.82) is 0 Å². The molecule has 5 N–H and O–H groups in total. The molecule has 6 saturated heterocycles. The van der Waals surface area contributed by atoms with Gasteiger partial charge >= 0.3 is 0 Å². The third kappa shape index (κ3) is 11.8. The van der Waals surface area contributed by atoms with E-state index in [4.69, 9.17) is 15.0 Å². The van der Waals surface area contributed by atoms with E-state index in [0.29, 0.717) is 52.8 Å². The number of likely N-dealkylation sites (tertiary alicyclic amines) is 3. The molecular formula is C62H82N12O7S. The molecule has 0 spiro atoms. The van der Waals surface area contributed by atoms with Crippen LogP contribution in [-0.4, -0.2) is 176 Å². The molecule has 5 aromatic rings. The predicted octanol–water partition coefficient (Wildman–Crippen LogP) is 7.25. The van der Waals surface area contributed by atoms with E-state index in [2.05, 4.69) is 50.2 Å². The van der Waals surface area contributed by atoms with Crippen molar-refractivity contribution in [3.8, 4) is 27.4 Å². The minimum Gasteiger partial charge on any atom is -0.507 e. The number of aromatic hydroxyl groups is 1. The minimum atomic E-state index is -0.804. The van der Waals surface area contributed by atoms with Gasteiger partial charge in [-0.15, -0.1) is 21.5 Å². The Hall–Kier alpha value is -6.19. The Labute approximate surface area is 485 Å². The second kappa shape index (κ2) is 24.2. The van der Waals surface area contributed by atoms with E-state index in [1.54, 1.807) is 23.5 Å². The second-order valence-corrected chi connectivity index (χ2v) is 25.8. The number of amides is 3. The van der Waals surface area contributed by atoms with Crippen molar-refractivity contribution in [3.05, 3.63) is 83.2 Å². The van der Waals surface area contributed by atoms with Gasteiger partial charge in [-0.25, -0.2) is 4.98 Å². The van der Waals surface area contributed by atoms with Crippen LogP contribution in [0.25, 0.3) is 21.7 Å². The molecule has 9 heterocycles. The zero-order chi connectivity index (χ0) is 56.8. The highest BCUT2D eigenvalue weighted by atomic mass is 32.1. The number of aromatic nitrogens is 4. The summed E-state index contributed by atoms with van der Waals surface area (Å²) in [6.07, 6.45) is 9.89. The molecule has 12 rings (SSSR count). The summed E-state index contributed by atoms with van der Waals surface area (Å²) in [6, 6.07) is 19.4. The van der Waals surface area contributed by atoms with Gasteiger partial charge in [0.05, 0.1) is 51.8 Å². The van der Waals surface area contributed by atoms with E-state index in [-0.39, 0.29) is 60.6 Å². The number of benzene rings is 2. The third-order valence-corrected chi connectivity index (χ3v) is 20.3. The molecule has 0 radical (unpaired) electrons. The Kier molecular flexibility index (Phi) is 16.6. The molecule has 2 bridgehead atoms. The number of para-hydroxylation sites is 1. The number of nitrogen functional groups attached to an aromatic ring is 1. The molecule has 2 aromatic carbocycles. The Balaban J connectivity index is 0.547. The van der Waals surface area contributed by atoms with Gasteiger partial charge in [-0.3, -0.25) is 19.3 Å². The van der Waals surface area contributed by atoms with Crippen LogP contribution in [-0.2, 0) is 19.1 Å². The van der Waals surface area contributed by atoms with Gasteiger partial charge in [-0.1, -0.05) is 55.4 Å². The molecule has 1 saturated carbocycles. The molecule has 7 fully saturated rings. The maximum atomic E-state index is 14.4. The Bertz CT molecular complexity index is 3020. The summed E-state index contributed by atoms with van der Waals surface area (Å²) in [7, 11) is 0. The van der Waals surface area contributed by atoms with Crippen molar-refractivity contribution in [3.63, 3.8) is 0 Å². The molecule has 3 aromatic heterocycles. The number of aryl methyl sites for hydroxylation is 1. The third-order valence-electron chi connectivity index (χ3n) is 19.3. The van der Waals surface area contributed by atoms with Gasteiger partial charge in [-0.05, 0) is 119 Å². The number of hydrogen-bond acceptors (Lipinski definition) is 17. The van der Waals surface area contributed by atoms with Crippen LogP contribution in [0.15, 0.2) is 70.7 Å². The fourth-order valence-electron chi connectivity index (χ4n) is 14.6. The number of phenols is 1. The van der Waals surface area contributed by atoms with E-state index in [9.17, 15) is 24.6 Å². The summed E-state index contributed by atoms with van der Waals surface area (Å²) < 4.78 is 12.6. The van der Waals surface area contributed by atoms with Crippen LogP contribution in [0.4, 0.5) is 17.3 Å². The fraction of sp³-hybridized carbons (Fsp3) is 0.597. The van der Waals surface area contributed by atoms with E-state index < -0.39 is 18.1 Å². The van der Waals surface area contributed by atoms with E-state index in [1.165, 1.54) is 4.90 Å². The number of carbonyl (C=O) groups is 3. The summed E-state index contributed by atoms with van der Waals surface area (Å²) in [5.41, 5.74) is 13.4. The van der Waals surface area contributed by atoms with Crippen LogP contribution in [0, 0.1) is 24.7 Å². The Morgan fingerprint density at radius 1 is 0.817 bits per heavy atom. The first-order valence-corrected chi connectivity index (χ1v) is 31.2. The number of nitrogens with two attached hydrogens (primary N) is 1. The number of anilines is 3. The van der Waals surface area contributed by atoms with Crippen LogP contribution in [0.1, 0.15) is 120 Å². The molecule has 3 amide bonds. The number of nitrogens with zero attached hydrogens (tertiary/aromatic N) is 10. The quantitative estimate of drug-likeness (QED) is 0.0764. The molecule has 2 unspecified atom stereocenters. The van der Waals surface area contributed by atoms with Crippen LogP contribution >= 0.6 is 11.3 Å². The highest BCUT2D eigenvalue weighted by Crippen LogP contribution is 2.41. The lowest BCUT2D eigenvalue weighted by Crippen LogP contribution is -2.60. The zero-order valence-corrected chi connectivity index (χ0v) is 48.8. The van der Waals surface area contributed by atoms with Crippen LogP contribution < -0.4 is 20.9 Å². The number of piperidine rings is 3. The van der Waals surface area contributed by atoms with Crippen molar-refractivity contribution in [1.82, 2.24) is 45.3 Å². The Morgan fingerprint density at radius 3 is 2.22 bits per heavy atom. The number of nitrogens with one attached hydrogen (secondary N) is 1. The largest absolute Gasteiger partial charge is 0.507 e.